The summed E-state index contributed by atoms with van der Waals surface area (Å²) in [4.78, 5) is 48.5. The number of nitro benzene ring substituents is 1. The first-order valence-corrected chi connectivity index (χ1v) is 8.98. The smallest absolute Gasteiger partial charge is 0.341 e. The van der Waals surface area contributed by atoms with Crippen LogP contribution in [0.15, 0.2) is 48.5 Å². The Balaban J connectivity index is 1.99. The van der Waals surface area contributed by atoms with E-state index >= 15 is 0 Å². The van der Waals surface area contributed by atoms with Crippen molar-refractivity contribution in [1.29, 1.82) is 0 Å². The lowest BCUT2D eigenvalue weighted by Crippen LogP contribution is -2.44. The summed E-state index contributed by atoms with van der Waals surface area (Å²) in [6.45, 7) is 1.51. The maximum Gasteiger partial charge on any atom is 0.341 e. The fourth-order valence-corrected chi connectivity index (χ4v) is 2.50. The van der Waals surface area contributed by atoms with Gasteiger partial charge in [0.2, 0.25) is 0 Å². The molecule has 0 aliphatic heterocycles. The van der Waals surface area contributed by atoms with Gasteiger partial charge in [0.05, 0.1) is 16.2 Å². The zero-order valence-electron chi connectivity index (χ0n) is 16.7. The molecule has 2 rings (SSSR count). The Morgan fingerprint density at radius 2 is 1.80 bits per heavy atom. The highest BCUT2D eigenvalue weighted by Gasteiger charge is 2.24. The van der Waals surface area contributed by atoms with E-state index in [-0.39, 0.29) is 17.8 Å². The maximum absolute atomic E-state index is 12.5. The molecule has 2 aromatic carbocycles. The fourth-order valence-electron chi connectivity index (χ4n) is 2.50. The summed E-state index contributed by atoms with van der Waals surface area (Å²) < 4.78 is 5.11. The van der Waals surface area contributed by atoms with E-state index in [1.54, 1.807) is 19.0 Å². The molecule has 0 heterocycles. The first-order chi connectivity index (χ1) is 14.2. The molecule has 158 valence electrons. The first kappa shape index (κ1) is 22.3. The lowest BCUT2D eigenvalue weighted by atomic mass is 10.1. The summed E-state index contributed by atoms with van der Waals surface area (Å²) in [5.74, 6) is -1.75. The van der Waals surface area contributed by atoms with E-state index in [0.717, 1.165) is 11.6 Å². The van der Waals surface area contributed by atoms with Crippen LogP contribution in [-0.4, -0.2) is 43.0 Å². The lowest BCUT2D eigenvalue weighted by Gasteiger charge is -2.18. The number of benzene rings is 2. The van der Waals surface area contributed by atoms with Crippen LogP contribution in [0.5, 0.6) is 0 Å². The largest absolute Gasteiger partial charge is 0.449 e. The van der Waals surface area contributed by atoms with Gasteiger partial charge in [0.15, 0.2) is 6.10 Å². The minimum Gasteiger partial charge on any atom is -0.449 e. The molecule has 0 saturated carbocycles. The van der Waals surface area contributed by atoms with Crippen molar-refractivity contribution in [2.45, 2.75) is 19.6 Å². The third-order valence-electron chi connectivity index (χ3n) is 4.08. The maximum atomic E-state index is 12.5. The van der Waals surface area contributed by atoms with Crippen LogP contribution >= 0.6 is 0 Å². The highest BCUT2D eigenvalue weighted by atomic mass is 16.6. The minimum atomic E-state index is -1.30. The third kappa shape index (κ3) is 6.03. The van der Waals surface area contributed by atoms with Crippen molar-refractivity contribution in [2.24, 2.45) is 0 Å². The minimum absolute atomic E-state index is 0.0672. The monoisotopic (exact) mass is 414 g/mol. The highest BCUT2D eigenvalue weighted by molar-refractivity contribution is 6.00. The van der Waals surface area contributed by atoms with Crippen molar-refractivity contribution in [1.82, 2.24) is 10.6 Å². The van der Waals surface area contributed by atoms with Gasteiger partial charge >= 0.3 is 12.0 Å². The molecule has 10 nitrogen and oxygen atoms in total. The van der Waals surface area contributed by atoms with Crippen molar-refractivity contribution in [3.05, 3.63) is 69.8 Å². The van der Waals surface area contributed by atoms with Gasteiger partial charge in [-0.3, -0.25) is 20.2 Å². The zero-order valence-corrected chi connectivity index (χ0v) is 16.7. The zero-order chi connectivity index (χ0) is 22.3. The summed E-state index contributed by atoms with van der Waals surface area (Å²) in [5, 5.41) is 15.6. The second-order valence-electron chi connectivity index (χ2n) is 6.56. The Morgan fingerprint density at radius 1 is 1.13 bits per heavy atom. The molecule has 30 heavy (non-hydrogen) atoms. The lowest BCUT2D eigenvalue weighted by molar-refractivity contribution is -0.384. The van der Waals surface area contributed by atoms with Gasteiger partial charge < -0.3 is 15.0 Å². The van der Waals surface area contributed by atoms with Crippen molar-refractivity contribution in [3.63, 3.8) is 0 Å². The third-order valence-corrected chi connectivity index (χ3v) is 4.08. The number of nitrogens with zero attached hydrogens (tertiary/aromatic N) is 2. The molecule has 0 unspecified atom stereocenters. The Morgan fingerprint density at radius 3 is 2.40 bits per heavy atom. The average molecular weight is 414 g/mol. The number of rotatable bonds is 7. The Bertz CT molecular complexity index is 946. The molecule has 0 aliphatic rings. The number of nitro groups is 1. The van der Waals surface area contributed by atoms with E-state index in [9.17, 15) is 24.5 Å². The number of amides is 3. The van der Waals surface area contributed by atoms with Crippen LogP contribution in [0.2, 0.25) is 0 Å². The summed E-state index contributed by atoms with van der Waals surface area (Å²) >= 11 is 0. The molecule has 1 atom stereocenters. The van der Waals surface area contributed by atoms with Gasteiger partial charge in [-0.1, -0.05) is 30.3 Å². The SMILES string of the molecule is C[C@@H](OC(=O)c1cc([N+](=O)[O-])ccc1N(C)C)C(=O)NC(=O)NCc1ccccc1. The van der Waals surface area contributed by atoms with Gasteiger partial charge in [-0.25, -0.2) is 9.59 Å². The van der Waals surface area contributed by atoms with E-state index in [2.05, 4.69) is 10.6 Å². The number of hydrogen-bond acceptors (Lipinski definition) is 7. The van der Waals surface area contributed by atoms with Crippen LogP contribution in [0, 0.1) is 10.1 Å². The van der Waals surface area contributed by atoms with E-state index in [4.69, 9.17) is 4.74 Å². The molecule has 0 saturated heterocycles. The predicted molar refractivity (Wildman–Crippen MR) is 109 cm³/mol. The van der Waals surface area contributed by atoms with Crippen LogP contribution in [0.4, 0.5) is 16.2 Å². The molecule has 0 fully saturated rings. The van der Waals surface area contributed by atoms with Crippen LogP contribution in [0.3, 0.4) is 0 Å². The summed E-state index contributed by atoms with van der Waals surface area (Å²) in [6, 6.07) is 12.1. The van der Waals surface area contributed by atoms with Gasteiger partial charge in [0, 0.05) is 32.8 Å². The average Bonchev–Trinajstić information content (AvgIpc) is 2.72. The van der Waals surface area contributed by atoms with Crippen molar-refractivity contribution in [3.8, 4) is 0 Å². The number of nitrogens with one attached hydrogen (secondary N) is 2. The van der Waals surface area contributed by atoms with Crippen LogP contribution in [-0.2, 0) is 16.1 Å². The molecule has 0 radical (unpaired) electrons. The van der Waals surface area contributed by atoms with Crippen LogP contribution in [0.1, 0.15) is 22.8 Å². The van der Waals surface area contributed by atoms with Crippen LogP contribution in [0.25, 0.3) is 0 Å². The Kier molecular flexibility index (Phi) is 7.45. The second kappa shape index (κ2) is 10.0. The number of urea groups is 1. The fraction of sp³-hybridized carbons (Fsp3) is 0.250. The number of ether oxygens (including phenoxy) is 1. The molecular weight excluding hydrogens is 392 g/mol. The van der Waals surface area contributed by atoms with Gasteiger partial charge in [0.25, 0.3) is 11.6 Å². The molecule has 0 aromatic heterocycles. The molecule has 2 aromatic rings. The number of carbonyl (C=O) groups excluding carboxylic acids is 3. The number of carbonyl (C=O) groups is 3. The molecule has 10 heteroatoms. The summed E-state index contributed by atoms with van der Waals surface area (Å²) in [6.07, 6.45) is -1.30. The number of hydrogen-bond donors (Lipinski definition) is 2. The predicted octanol–water partition coefficient (Wildman–Crippen LogP) is 2.23. The first-order valence-electron chi connectivity index (χ1n) is 8.98. The topological polar surface area (TPSA) is 131 Å². The molecule has 3 amide bonds. The van der Waals surface area contributed by atoms with Crippen molar-refractivity contribution in [2.75, 3.05) is 19.0 Å². The van der Waals surface area contributed by atoms with Crippen molar-refractivity contribution < 1.29 is 24.0 Å². The normalized spacial score (nSPS) is 11.2. The number of anilines is 1. The van der Waals surface area contributed by atoms with Gasteiger partial charge in [-0.05, 0) is 18.6 Å². The number of imide groups is 1. The molecule has 0 bridgehead atoms. The summed E-state index contributed by atoms with van der Waals surface area (Å²) in [7, 11) is 3.32. The summed E-state index contributed by atoms with van der Waals surface area (Å²) in [5.41, 5.74) is 0.882. The van der Waals surface area contributed by atoms with Crippen LogP contribution < -0.4 is 15.5 Å². The number of esters is 1. The van der Waals surface area contributed by atoms with E-state index in [1.807, 2.05) is 30.3 Å². The molecule has 2 N–H and O–H groups in total. The second-order valence-corrected chi connectivity index (χ2v) is 6.56. The molecular formula is C20H22N4O6. The Labute approximate surface area is 173 Å². The molecule has 0 aliphatic carbocycles. The number of non-ortho nitro benzene ring substituents is 1. The van der Waals surface area contributed by atoms with Gasteiger partial charge in [0.1, 0.15) is 0 Å². The van der Waals surface area contributed by atoms with E-state index in [0.29, 0.717) is 5.69 Å². The van der Waals surface area contributed by atoms with Crippen molar-refractivity contribution >= 4 is 29.3 Å². The standard InChI is InChI=1S/C20H22N4O6/c1-13(18(25)22-20(27)21-12-14-7-5-4-6-8-14)30-19(26)16-11-15(24(28)29)9-10-17(16)23(2)3/h4-11,13H,12H2,1-3H3,(H2,21,22,25,27)/t13-/m1/s1. The quantitative estimate of drug-likeness (QED) is 0.403. The molecule has 0 spiro atoms. The van der Waals surface area contributed by atoms with Gasteiger partial charge in [-0.15, -0.1) is 0 Å². The Hall–Kier alpha value is -3.95. The van der Waals surface area contributed by atoms with Gasteiger partial charge in [-0.2, -0.15) is 0 Å². The highest BCUT2D eigenvalue weighted by Crippen LogP contribution is 2.25. The van der Waals surface area contributed by atoms with E-state index < -0.39 is 28.9 Å². The van der Waals surface area contributed by atoms with E-state index in [1.165, 1.54) is 19.1 Å².